The van der Waals surface area contributed by atoms with Gasteiger partial charge in [0.1, 0.15) is 12.8 Å². The molecule has 0 aliphatic carbocycles. The predicted molar refractivity (Wildman–Crippen MR) is 142 cm³/mol. The fourth-order valence-electron chi connectivity index (χ4n) is 2.68. The van der Waals surface area contributed by atoms with Crippen LogP contribution in [0.4, 0.5) is 0 Å². The van der Waals surface area contributed by atoms with Crippen LogP contribution in [0.15, 0.2) is 12.3 Å². The lowest BCUT2D eigenvalue weighted by molar-refractivity contribution is -0.146. The topological polar surface area (TPSA) is 153 Å². The zero-order chi connectivity index (χ0) is 28.4. The van der Waals surface area contributed by atoms with Gasteiger partial charge >= 0.3 is 5.97 Å². The van der Waals surface area contributed by atoms with Crippen LogP contribution in [0.1, 0.15) is 47.5 Å². The molecule has 37 heavy (non-hydrogen) atoms. The van der Waals surface area contributed by atoms with E-state index in [1.807, 2.05) is 26.1 Å². The average molecular weight is 568 g/mol. The first-order valence-electron chi connectivity index (χ1n) is 11.8. The van der Waals surface area contributed by atoms with E-state index < -0.39 is 25.8 Å². The minimum absolute atomic E-state index is 0.0670. The molecule has 3 atom stereocenters. The fraction of sp³-hybridized carbons (Fsp3) is 0.739. The van der Waals surface area contributed by atoms with Crippen LogP contribution in [0.2, 0.25) is 0 Å². The summed E-state index contributed by atoms with van der Waals surface area (Å²) in [6.45, 7) is 9.58. The minimum atomic E-state index is -1.61. The van der Waals surface area contributed by atoms with Gasteiger partial charge in [-0.1, -0.05) is 32.5 Å². The number of aliphatic hydroxyl groups is 1. The number of nitrogens with one attached hydrogen (secondary N) is 2. The average Bonchev–Trinajstić information content (AvgIpc) is 3.31. The molecular weight excluding hydrogens is 525 g/mol. The predicted octanol–water partition coefficient (Wildman–Crippen LogP) is 1.93. The number of aliphatic hydroxyl groups excluding tert-OH is 1. The Balaban J connectivity index is 0.00000631. The molecule has 0 radical (unpaired) electrons. The molecule has 2 unspecified atom stereocenters. The third-order valence-electron chi connectivity index (χ3n) is 4.44. The number of hydrogen-bond acceptors (Lipinski definition) is 12. The largest absolute Gasteiger partial charge is 0.462 e. The number of carbonyl (C=O) groups is 4. The molecule has 0 bridgehead atoms. The molecule has 1 rings (SSSR count). The van der Waals surface area contributed by atoms with Crippen molar-refractivity contribution in [3.63, 3.8) is 0 Å². The highest BCUT2D eigenvalue weighted by atomic mass is 32.2. The van der Waals surface area contributed by atoms with E-state index in [0.29, 0.717) is 12.2 Å². The summed E-state index contributed by atoms with van der Waals surface area (Å²) in [5.74, 6) is -0.467. The second kappa shape index (κ2) is 19.5. The second-order valence-electron chi connectivity index (χ2n) is 9.04. The number of ether oxygens (including phenoxy) is 2. The molecule has 0 aromatic heterocycles. The number of esters is 1. The number of imide groups is 1. The summed E-state index contributed by atoms with van der Waals surface area (Å²) in [4.78, 5) is 47.4. The lowest BCUT2D eigenvalue weighted by Gasteiger charge is -2.24. The summed E-state index contributed by atoms with van der Waals surface area (Å²) >= 11 is 1.20. The van der Waals surface area contributed by atoms with Gasteiger partial charge in [0.2, 0.25) is 6.41 Å². The van der Waals surface area contributed by atoms with Crippen molar-refractivity contribution in [2.45, 2.75) is 65.9 Å². The molecule has 1 aliphatic rings. The first kappa shape index (κ1) is 35.4. The van der Waals surface area contributed by atoms with Gasteiger partial charge in [-0.2, -0.15) is 0 Å². The Labute approximate surface area is 225 Å². The van der Waals surface area contributed by atoms with Crippen LogP contribution in [-0.4, -0.2) is 91.5 Å². The maximum absolute atomic E-state index is 12.1. The van der Waals surface area contributed by atoms with Crippen LogP contribution >= 0.6 is 20.3 Å². The number of carbonyl (C=O) groups excluding carboxylic acids is 4. The van der Waals surface area contributed by atoms with E-state index in [1.165, 1.54) is 17.8 Å². The molecule has 1 fully saturated rings. The number of rotatable bonds is 15. The van der Waals surface area contributed by atoms with E-state index in [1.54, 1.807) is 32.0 Å². The standard InChI is InChI=1S/C22H38N3O8PS.CH4O/c1-16(2)32-20(28)13-24-34(30-11-12-35-21(29)22(3,4)5)31-14-17-7-8-19(33-17)25(6)10-9-18(27)23-15-26;1-2/h9-10,15-17,19,24H,7-8,11-14H2,1-6H3,(H,23,26,27);2H,1H3/b10-9-;/t17?,19?,34-;/m0./s1. The summed E-state index contributed by atoms with van der Waals surface area (Å²) in [6.07, 6.45) is 3.90. The van der Waals surface area contributed by atoms with E-state index in [4.69, 9.17) is 23.6 Å². The van der Waals surface area contributed by atoms with Crippen LogP contribution in [0.25, 0.3) is 0 Å². The number of hydrogen-bond donors (Lipinski definition) is 3. The van der Waals surface area contributed by atoms with Crippen LogP contribution in [-0.2, 0) is 37.7 Å². The van der Waals surface area contributed by atoms with E-state index in [-0.39, 0.29) is 43.3 Å². The van der Waals surface area contributed by atoms with Gasteiger partial charge in [-0.25, -0.2) is 5.09 Å². The van der Waals surface area contributed by atoms with E-state index >= 15 is 0 Å². The van der Waals surface area contributed by atoms with Crippen LogP contribution in [0, 0.1) is 5.41 Å². The van der Waals surface area contributed by atoms with Crippen LogP contribution in [0.3, 0.4) is 0 Å². The Morgan fingerprint density at radius 2 is 1.89 bits per heavy atom. The molecular formula is C23H42N3O9PS. The summed E-state index contributed by atoms with van der Waals surface area (Å²) in [5, 5.41) is 12.1. The van der Waals surface area contributed by atoms with E-state index in [2.05, 4.69) is 5.09 Å². The number of amides is 2. The van der Waals surface area contributed by atoms with Crippen LogP contribution in [0.5, 0.6) is 0 Å². The van der Waals surface area contributed by atoms with Gasteiger partial charge in [-0.15, -0.1) is 0 Å². The maximum Gasteiger partial charge on any atom is 0.320 e. The second-order valence-corrected chi connectivity index (χ2v) is 11.5. The molecule has 0 saturated carbocycles. The highest BCUT2D eigenvalue weighted by Crippen LogP contribution is 2.35. The van der Waals surface area contributed by atoms with Gasteiger partial charge in [0.25, 0.3) is 14.4 Å². The molecule has 1 saturated heterocycles. The SMILES string of the molecule is CC(C)OC(=O)CN[P@@](OCCSC(=O)C(C)(C)C)OCC1CCC(N(C)/C=C\C(=O)NC=O)O1.CO. The molecule has 3 N–H and O–H groups in total. The van der Waals surface area contributed by atoms with Gasteiger partial charge < -0.3 is 28.5 Å². The highest BCUT2D eigenvalue weighted by molar-refractivity contribution is 8.13. The molecule has 214 valence electrons. The van der Waals surface area contributed by atoms with Crippen molar-refractivity contribution in [3.8, 4) is 0 Å². The molecule has 12 nitrogen and oxygen atoms in total. The minimum Gasteiger partial charge on any atom is -0.462 e. The number of nitrogens with zero attached hydrogens (tertiary/aromatic N) is 1. The zero-order valence-electron chi connectivity index (χ0n) is 22.7. The van der Waals surface area contributed by atoms with Crippen molar-refractivity contribution >= 4 is 43.7 Å². The van der Waals surface area contributed by atoms with Gasteiger partial charge in [-0.05, 0) is 26.7 Å². The van der Waals surface area contributed by atoms with Crippen molar-refractivity contribution in [2.75, 3.05) is 39.7 Å². The Hall–Kier alpha value is -1.60. The summed E-state index contributed by atoms with van der Waals surface area (Å²) in [5.41, 5.74) is -0.429. The Kier molecular flexibility index (Phi) is 18.6. The Morgan fingerprint density at radius 1 is 1.22 bits per heavy atom. The summed E-state index contributed by atoms with van der Waals surface area (Å²) in [7, 11) is 1.16. The Bertz CT molecular complexity index is 735. The van der Waals surface area contributed by atoms with E-state index in [9.17, 15) is 19.2 Å². The molecule has 1 aliphatic heterocycles. The normalized spacial score (nSPS) is 18.2. The summed E-state index contributed by atoms with van der Waals surface area (Å²) < 4.78 is 22.8. The molecule has 1 heterocycles. The van der Waals surface area contributed by atoms with Crippen molar-refractivity contribution in [1.29, 1.82) is 0 Å². The van der Waals surface area contributed by atoms with E-state index in [0.717, 1.165) is 20.0 Å². The fourth-order valence-corrected chi connectivity index (χ4v) is 4.66. The van der Waals surface area contributed by atoms with Gasteiger partial charge in [0.15, 0.2) is 5.12 Å². The third kappa shape index (κ3) is 16.8. The smallest absolute Gasteiger partial charge is 0.320 e. The lowest BCUT2D eigenvalue weighted by Crippen LogP contribution is -2.29. The Morgan fingerprint density at radius 3 is 2.49 bits per heavy atom. The van der Waals surface area contributed by atoms with Crippen molar-refractivity contribution in [1.82, 2.24) is 15.3 Å². The molecule has 0 aromatic carbocycles. The highest BCUT2D eigenvalue weighted by Gasteiger charge is 2.29. The van der Waals surface area contributed by atoms with Gasteiger partial charge in [0.05, 0.1) is 25.4 Å². The maximum atomic E-state index is 12.1. The zero-order valence-corrected chi connectivity index (χ0v) is 24.4. The molecule has 14 heteroatoms. The monoisotopic (exact) mass is 567 g/mol. The molecule has 2 amide bonds. The first-order chi connectivity index (χ1) is 17.4. The van der Waals surface area contributed by atoms with Gasteiger partial charge in [0, 0.05) is 37.6 Å². The van der Waals surface area contributed by atoms with Crippen molar-refractivity contribution in [2.24, 2.45) is 5.41 Å². The van der Waals surface area contributed by atoms with Crippen molar-refractivity contribution in [3.05, 3.63) is 12.3 Å². The summed E-state index contributed by atoms with van der Waals surface area (Å²) in [6, 6.07) is 0. The lowest BCUT2D eigenvalue weighted by atomic mass is 10.00. The number of thioether (sulfide) groups is 1. The van der Waals surface area contributed by atoms with Gasteiger partial charge in [-0.3, -0.25) is 24.5 Å². The molecule has 0 aromatic rings. The first-order valence-corrected chi connectivity index (χ1v) is 14.0. The van der Waals surface area contributed by atoms with Crippen molar-refractivity contribution < 1.29 is 42.8 Å². The van der Waals surface area contributed by atoms with Crippen LogP contribution < -0.4 is 10.4 Å². The molecule has 0 spiro atoms. The quantitative estimate of drug-likeness (QED) is 0.0871. The third-order valence-corrected chi connectivity index (χ3v) is 6.90.